The fourth-order valence-corrected chi connectivity index (χ4v) is 2.08. The molecule has 2 rings (SSSR count). The fourth-order valence-electron chi connectivity index (χ4n) is 2.08. The Balaban J connectivity index is 2.11. The molecule has 1 aromatic carbocycles. The minimum absolute atomic E-state index is 0.221. The zero-order valence-electron chi connectivity index (χ0n) is 11.1. The summed E-state index contributed by atoms with van der Waals surface area (Å²) in [6.45, 7) is 4.74. The molecule has 0 bridgehead atoms. The van der Waals surface area contributed by atoms with Gasteiger partial charge in [0.25, 0.3) is 0 Å². The van der Waals surface area contributed by atoms with Crippen LogP contribution in [0.25, 0.3) is 0 Å². The van der Waals surface area contributed by atoms with Gasteiger partial charge in [0.05, 0.1) is 12.8 Å². The Hall–Kier alpha value is -1.65. The van der Waals surface area contributed by atoms with Gasteiger partial charge in [-0.25, -0.2) is 4.39 Å². The van der Waals surface area contributed by atoms with Gasteiger partial charge in [-0.05, 0) is 41.9 Å². The molecule has 0 radical (unpaired) electrons. The molecule has 3 nitrogen and oxygen atoms in total. The third-order valence-electron chi connectivity index (χ3n) is 3.19. The number of halogens is 1. The van der Waals surface area contributed by atoms with Crippen molar-refractivity contribution in [3.05, 3.63) is 59.3 Å². The van der Waals surface area contributed by atoms with Crippen molar-refractivity contribution >= 4 is 0 Å². The summed E-state index contributed by atoms with van der Waals surface area (Å²) in [6, 6.07) is 8.58. The van der Waals surface area contributed by atoms with Gasteiger partial charge in [0.1, 0.15) is 11.6 Å². The van der Waals surface area contributed by atoms with E-state index in [1.165, 1.54) is 6.07 Å². The maximum atomic E-state index is 13.3. The molecule has 19 heavy (non-hydrogen) atoms. The Kier molecular flexibility index (Phi) is 4.71. The van der Waals surface area contributed by atoms with Crippen LogP contribution in [0.1, 0.15) is 23.8 Å². The monoisotopic (exact) mass is 262 g/mol. The Morgan fingerprint density at radius 1 is 1.21 bits per heavy atom. The lowest BCUT2D eigenvalue weighted by atomic mass is 10.1. The largest absolute Gasteiger partial charge is 0.468 e. The topological polar surface area (TPSA) is 42.4 Å². The van der Waals surface area contributed by atoms with E-state index in [-0.39, 0.29) is 5.82 Å². The SMILES string of the molecule is CCN(Cc1ccco1)Cc1cc(F)ccc1CN. The van der Waals surface area contributed by atoms with Gasteiger partial charge < -0.3 is 10.2 Å². The van der Waals surface area contributed by atoms with Gasteiger partial charge >= 0.3 is 0 Å². The summed E-state index contributed by atoms with van der Waals surface area (Å²) < 4.78 is 18.7. The van der Waals surface area contributed by atoms with E-state index in [1.54, 1.807) is 18.4 Å². The van der Waals surface area contributed by atoms with Crippen LogP contribution in [0.3, 0.4) is 0 Å². The van der Waals surface area contributed by atoms with E-state index in [0.717, 1.165) is 23.4 Å². The normalized spacial score (nSPS) is 11.2. The maximum Gasteiger partial charge on any atom is 0.123 e. The van der Waals surface area contributed by atoms with Crippen LogP contribution in [0.2, 0.25) is 0 Å². The third kappa shape index (κ3) is 3.66. The summed E-state index contributed by atoms with van der Waals surface area (Å²) in [6.07, 6.45) is 1.66. The molecule has 2 aromatic rings. The van der Waals surface area contributed by atoms with Crippen molar-refractivity contribution in [3.63, 3.8) is 0 Å². The molecule has 0 aliphatic carbocycles. The van der Waals surface area contributed by atoms with Gasteiger partial charge in [-0.3, -0.25) is 4.90 Å². The van der Waals surface area contributed by atoms with Crippen molar-refractivity contribution in [3.8, 4) is 0 Å². The van der Waals surface area contributed by atoms with Gasteiger partial charge in [0.15, 0.2) is 0 Å². The number of hydrogen-bond donors (Lipinski definition) is 1. The lowest BCUT2D eigenvalue weighted by Crippen LogP contribution is -2.23. The zero-order chi connectivity index (χ0) is 13.7. The predicted octanol–water partition coefficient (Wildman–Crippen LogP) is 2.90. The second-order valence-electron chi connectivity index (χ2n) is 4.50. The number of hydrogen-bond acceptors (Lipinski definition) is 3. The molecule has 0 atom stereocenters. The number of nitrogens with two attached hydrogens (primary N) is 1. The Morgan fingerprint density at radius 2 is 2.05 bits per heavy atom. The predicted molar refractivity (Wildman–Crippen MR) is 72.8 cm³/mol. The number of furan rings is 1. The van der Waals surface area contributed by atoms with Crippen LogP contribution in [0.15, 0.2) is 41.0 Å². The molecule has 2 N–H and O–H groups in total. The first-order valence-corrected chi connectivity index (χ1v) is 6.45. The summed E-state index contributed by atoms with van der Waals surface area (Å²) >= 11 is 0. The van der Waals surface area contributed by atoms with Crippen molar-refractivity contribution in [1.82, 2.24) is 4.90 Å². The second-order valence-corrected chi connectivity index (χ2v) is 4.50. The highest BCUT2D eigenvalue weighted by Crippen LogP contribution is 2.15. The highest BCUT2D eigenvalue weighted by molar-refractivity contribution is 5.27. The molecule has 0 saturated carbocycles. The lowest BCUT2D eigenvalue weighted by Gasteiger charge is -2.20. The fraction of sp³-hybridized carbons (Fsp3) is 0.333. The van der Waals surface area contributed by atoms with Crippen molar-refractivity contribution < 1.29 is 8.81 Å². The molecule has 102 valence electrons. The van der Waals surface area contributed by atoms with Crippen LogP contribution in [0.5, 0.6) is 0 Å². The van der Waals surface area contributed by atoms with Crippen LogP contribution >= 0.6 is 0 Å². The molecule has 1 heterocycles. The van der Waals surface area contributed by atoms with E-state index < -0.39 is 0 Å². The highest BCUT2D eigenvalue weighted by Gasteiger charge is 2.10. The van der Waals surface area contributed by atoms with E-state index in [0.29, 0.717) is 19.6 Å². The van der Waals surface area contributed by atoms with Gasteiger partial charge in [-0.2, -0.15) is 0 Å². The lowest BCUT2D eigenvalue weighted by molar-refractivity contribution is 0.247. The smallest absolute Gasteiger partial charge is 0.123 e. The van der Waals surface area contributed by atoms with Crippen molar-refractivity contribution in [1.29, 1.82) is 0 Å². The molecular formula is C15H19FN2O. The van der Waals surface area contributed by atoms with Crippen molar-refractivity contribution in [2.75, 3.05) is 6.54 Å². The minimum atomic E-state index is -0.221. The van der Waals surface area contributed by atoms with Gasteiger partial charge in [-0.1, -0.05) is 13.0 Å². The summed E-state index contributed by atoms with van der Waals surface area (Å²) in [5.41, 5.74) is 7.62. The summed E-state index contributed by atoms with van der Waals surface area (Å²) in [5.74, 6) is 0.689. The first-order valence-electron chi connectivity index (χ1n) is 6.45. The van der Waals surface area contributed by atoms with Crippen LogP contribution in [0, 0.1) is 5.82 Å². The average molecular weight is 262 g/mol. The van der Waals surface area contributed by atoms with Gasteiger partial charge in [-0.15, -0.1) is 0 Å². The molecule has 0 spiro atoms. The summed E-state index contributed by atoms with van der Waals surface area (Å²) in [5, 5.41) is 0. The first-order chi connectivity index (χ1) is 9.22. The van der Waals surface area contributed by atoms with Crippen LogP contribution in [0.4, 0.5) is 4.39 Å². The third-order valence-corrected chi connectivity index (χ3v) is 3.19. The molecule has 0 aliphatic rings. The molecule has 0 fully saturated rings. The first kappa shape index (κ1) is 13.8. The zero-order valence-corrected chi connectivity index (χ0v) is 11.1. The van der Waals surface area contributed by atoms with E-state index in [2.05, 4.69) is 11.8 Å². The van der Waals surface area contributed by atoms with Gasteiger partial charge in [0, 0.05) is 13.1 Å². The van der Waals surface area contributed by atoms with E-state index in [9.17, 15) is 4.39 Å². The van der Waals surface area contributed by atoms with Crippen molar-refractivity contribution in [2.45, 2.75) is 26.6 Å². The van der Waals surface area contributed by atoms with Crippen LogP contribution < -0.4 is 5.73 Å². The van der Waals surface area contributed by atoms with E-state index in [4.69, 9.17) is 10.2 Å². The number of benzene rings is 1. The number of nitrogens with zero attached hydrogens (tertiary/aromatic N) is 1. The van der Waals surface area contributed by atoms with E-state index in [1.807, 2.05) is 12.1 Å². The molecule has 0 amide bonds. The average Bonchev–Trinajstić information content (AvgIpc) is 2.91. The standard InChI is InChI=1S/C15H19FN2O/c1-2-18(11-15-4-3-7-19-15)10-13-8-14(16)6-5-12(13)9-17/h3-8H,2,9-11,17H2,1H3. The molecule has 0 saturated heterocycles. The molecule has 0 unspecified atom stereocenters. The Labute approximate surface area is 112 Å². The van der Waals surface area contributed by atoms with Gasteiger partial charge in [0.2, 0.25) is 0 Å². The van der Waals surface area contributed by atoms with E-state index >= 15 is 0 Å². The Bertz CT molecular complexity index is 511. The summed E-state index contributed by atoms with van der Waals surface area (Å²) in [4.78, 5) is 2.19. The van der Waals surface area contributed by atoms with Crippen molar-refractivity contribution in [2.24, 2.45) is 5.73 Å². The highest BCUT2D eigenvalue weighted by atomic mass is 19.1. The summed E-state index contributed by atoms with van der Waals surface area (Å²) in [7, 11) is 0. The Morgan fingerprint density at radius 3 is 2.68 bits per heavy atom. The van der Waals surface area contributed by atoms with Crippen LogP contribution in [-0.2, 0) is 19.6 Å². The van der Waals surface area contributed by atoms with Crippen LogP contribution in [-0.4, -0.2) is 11.4 Å². The molecular weight excluding hydrogens is 243 g/mol. The maximum absolute atomic E-state index is 13.3. The second kappa shape index (κ2) is 6.50. The molecule has 0 aliphatic heterocycles. The number of rotatable bonds is 6. The minimum Gasteiger partial charge on any atom is -0.468 e. The molecule has 1 aromatic heterocycles. The molecule has 4 heteroatoms. The quantitative estimate of drug-likeness (QED) is 0.870.